The zero-order valence-electron chi connectivity index (χ0n) is 16.6. The Bertz CT molecular complexity index is 1110. The molecule has 0 radical (unpaired) electrons. The molecule has 4 rings (SSSR count). The summed E-state index contributed by atoms with van der Waals surface area (Å²) in [5, 5.41) is 0. The Morgan fingerprint density at radius 2 is 1.24 bits per heavy atom. The van der Waals surface area contributed by atoms with Gasteiger partial charge in [-0.15, -0.1) is 0 Å². The number of Topliss-reactive ketones (excluding diaryl/α,β-unsaturated/α-hetero) is 1. The molecule has 0 saturated heterocycles. The number of rotatable bonds is 5. The zero-order valence-corrected chi connectivity index (χ0v) is 16.6. The number of ketones is 1. The fourth-order valence-corrected chi connectivity index (χ4v) is 3.65. The Morgan fingerprint density at radius 3 is 1.72 bits per heavy atom. The SMILES string of the molecule is CC(=O)c1c(C)oc(-c2ccccc2)c1C=C(c1ccccc1)c1ccccc1. The first-order valence-corrected chi connectivity index (χ1v) is 9.67. The molecule has 2 heteroatoms. The van der Waals surface area contributed by atoms with Gasteiger partial charge in [0.2, 0.25) is 0 Å². The smallest absolute Gasteiger partial charge is 0.163 e. The molecule has 0 bridgehead atoms. The van der Waals surface area contributed by atoms with Crippen LogP contribution in [0.1, 0.15) is 39.7 Å². The molecule has 0 saturated carbocycles. The van der Waals surface area contributed by atoms with Crippen molar-refractivity contribution < 1.29 is 9.21 Å². The average Bonchev–Trinajstić information content (AvgIpc) is 3.10. The lowest BCUT2D eigenvalue weighted by Gasteiger charge is -2.10. The number of hydrogen-bond donors (Lipinski definition) is 0. The lowest BCUT2D eigenvalue weighted by atomic mass is 9.93. The van der Waals surface area contributed by atoms with Crippen LogP contribution in [0.15, 0.2) is 95.4 Å². The maximum absolute atomic E-state index is 12.5. The van der Waals surface area contributed by atoms with Gasteiger partial charge in [-0.1, -0.05) is 91.0 Å². The second-order valence-electron chi connectivity index (χ2n) is 6.99. The second-order valence-corrected chi connectivity index (χ2v) is 6.99. The highest BCUT2D eigenvalue weighted by Gasteiger charge is 2.21. The number of furan rings is 1. The quantitative estimate of drug-likeness (QED) is 0.348. The minimum atomic E-state index is 0.000143. The van der Waals surface area contributed by atoms with Gasteiger partial charge in [-0.05, 0) is 36.6 Å². The molecule has 0 aliphatic rings. The zero-order chi connectivity index (χ0) is 20.2. The summed E-state index contributed by atoms with van der Waals surface area (Å²) in [5.41, 5.74) is 5.63. The van der Waals surface area contributed by atoms with Crippen molar-refractivity contribution in [2.45, 2.75) is 13.8 Å². The van der Waals surface area contributed by atoms with Crippen LogP contribution in [-0.2, 0) is 0 Å². The third kappa shape index (κ3) is 3.83. The maximum atomic E-state index is 12.5. The third-order valence-corrected chi connectivity index (χ3v) is 4.97. The Balaban J connectivity index is 2.01. The van der Waals surface area contributed by atoms with Crippen LogP contribution in [-0.4, -0.2) is 5.78 Å². The minimum Gasteiger partial charge on any atom is -0.460 e. The molecule has 4 aromatic rings. The molecule has 29 heavy (non-hydrogen) atoms. The van der Waals surface area contributed by atoms with Gasteiger partial charge in [0.25, 0.3) is 0 Å². The van der Waals surface area contributed by atoms with E-state index in [0.29, 0.717) is 11.3 Å². The summed E-state index contributed by atoms with van der Waals surface area (Å²) < 4.78 is 6.10. The molecule has 2 nitrogen and oxygen atoms in total. The van der Waals surface area contributed by atoms with Crippen LogP contribution in [0.25, 0.3) is 23.0 Å². The summed E-state index contributed by atoms with van der Waals surface area (Å²) in [6.45, 7) is 3.44. The van der Waals surface area contributed by atoms with Crippen molar-refractivity contribution in [2.24, 2.45) is 0 Å². The molecule has 0 unspecified atom stereocenters. The van der Waals surface area contributed by atoms with Crippen molar-refractivity contribution in [3.63, 3.8) is 0 Å². The molecule has 3 aromatic carbocycles. The van der Waals surface area contributed by atoms with E-state index >= 15 is 0 Å². The van der Waals surface area contributed by atoms with E-state index in [2.05, 4.69) is 30.3 Å². The Hall–Kier alpha value is -3.65. The predicted molar refractivity (Wildman–Crippen MR) is 119 cm³/mol. The van der Waals surface area contributed by atoms with Crippen molar-refractivity contribution in [1.82, 2.24) is 0 Å². The summed E-state index contributed by atoms with van der Waals surface area (Å²) in [7, 11) is 0. The summed E-state index contributed by atoms with van der Waals surface area (Å²) in [4.78, 5) is 12.5. The highest BCUT2D eigenvalue weighted by molar-refractivity contribution is 6.04. The Labute approximate surface area is 171 Å². The van der Waals surface area contributed by atoms with Gasteiger partial charge in [-0.3, -0.25) is 4.79 Å². The van der Waals surface area contributed by atoms with Crippen LogP contribution in [0.3, 0.4) is 0 Å². The van der Waals surface area contributed by atoms with Gasteiger partial charge >= 0.3 is 0 Å². The predicted octanol–water partition coefficient (Wildman–Crippen LogP) is 7.05. The van der Waals surface area contributed by atoms with Gasteiger partial charge in [0.05, 0.1) is 5.56 Å². The van der Waals surface area contributed by atoms with E-state index in [9.17, 15) is 4.79 Å². The number of aryl methyl sites for hydroxylation is 1. The molecular weight excluding hydrogens is 356 g/mol. The van der Waals surface area contributed by atoms with Crippen molar-refractivity contribution in [3.8, 4) is 11.3 Å². The molecule has 0 N–H and O–H groups in total. The molecular formula is C27H22O2. The molecule has 0 aliphatic carbocycles. The van der Waals surface area contributed by atoms with Crippen LogP contribution in [0.2, 0.25) is 0 Å². The lowest BCUT2D eigenvalue weighted by Crippen LogP contribution is -1.97. The molecule has 1 aromatic heterocycles. The molecule has 0 atom stereocenters. The van der Waals surface area contributed by atoms with Crippen LogP contribution in [0.5, 0.6) is 0 Å². The fraction of sp³-hybridized carbons (Fsp3) is 0.0741. The number of carbonyl (C=O) groups excluding carboxylic acids is 1. The van der Waals surface area contributed by atoms with E-state index in [1.165, 1.54) is 0 Å². The molecule has 1 heterocycles. The number of carbonyl (C=O) groups is 1. The van der Waals surface area contributed by atoms with E-state index in [-0.39, 0.29) is 5.78 Å². The molecule has 0 amide bonds. The minimum absolute atomic E-state index is 0.000143. The first-order valence-electron chi connectivity index (χ1n) is 9.67. The normalized spacial score (nSPS) is 10.6. The van der Waals surface area contributed by atoms with E-state index in [1.807, 2.05) is 73.7 Å². The van der Waals surface area contributed by atoms with Crippen molar-refractivity contribution in [3.05, 3.63) is 119 Å². The van der Waals surface area contributed by atoms with Crippen LogP contribution in [0, 0.1) is 6.92 Å². The first-order chi connectivity index (χ1) is 14.1. The maximum Gasteiger partial charge on any atom is 0.163 e. The van der Waals surface area contributed by atoms with E-state index in [1.54, 1.807) is 6.92 Å². The highest BCUT2D eigenvalue weighted by atomic mass is 16.3. The molecule has 0 fully saturated rings. The number of benzene rings is 3. The molecule has 0 spiro atoms. The van der Waals surface area contributed by atoms with Gasteiger partial charge in [-0.25, -0.2) is 0 Å². The van der Waals surface area contributed by atoms with Gasteiger partial charge in [-0.2, -0.15) is 0 Å². The average molecular weight is 378 g/mol. The van der Waals surface area contributed by atoms with Gasteiger partial charge in [0.1, 0.15) is 11.5 Å². The Kier molecular flexibility index (Phi) is 5.26. The Morgan fingerprint density at radius 1 is 0.759 bits per heavy atom. The summed E-state index contributed by atoms with van der Waals surface area (Å²) in [6.07, 6.45) is 2.08. The van der Waals surface area contributed by atoms with Gasteiger partial charge in [0.15, 0.2) is 5.78 Å². The number of hydrogen-bond acceptors (Lipinski definition) is 2. The summed E-state index contributed by atoms with van der Waals surface area (Å²) >= 11 is 0. The van der Waals surface area contributed by atoms with Gasteiger partial charge in [0, 0.05) is 11.1 Å². The highest BCUT2D eigenvalue weighted by Crippen LogP contribution is 2.36. The van der Waals surface area contributed by atoms with E-state index in [4.69, 9.17) is 4.42 Å². The largest absolute Gasteiger partial charge is 0.460 e. The molecule has 142 valence electrons. The fourth-order valence-electron chi connectivity index (χ4n) is 3.65. The van der Waals surface area contributed by atoms with Crippen molar-refractivity contribution >= 4 is 17.4 Å². The second kappa shape index (κ2) is 8.15. The topological polar surface area (TPSA) is 30.2 Å². The monoisotopic (exact) mass is 378 g/mol. The molecule has 0 aliphatic heterocycles. The van der Waals surface area contributed by atoms with Gasteiger partial charge < -0.3 is 4.42 Å². The van der Waals surface area contributed by atoms with Crippen molar-refractivity contribution in [1.29, 1.82) is 0 Å². The van der Waals surface area contributed by atoms with Crippen LogP contribution < -0.4 is 0 Å². The summed E-state index contributed by atoms with van der Waals surface area (Å²) in [5.74, 6) is 1.36. The van der Waals surface area contributed by atoms with Crippen molar-refractivity contribution in [2.75, 3.05) is 0 Å². The standard InChI is InChI=1S/C27H22O2/c1-19(28)26-20(2)29-27(23-16-10-5-11-17-23)25(26)18-24(21-12-6-3-7-13-21)22-14-8-4-9-15-22/h3-18H,1-2H3. The van der Waals surface area contributed by atoms with Crippen LogP contribution >= 0.6 is 0 Å². The lowest BCUT2D eigenvalue weighted by molar-refractivity contribution is 0.101. The van der Waals surface area contributed by atoms with E-state index in [0.717, 1.165) is 33.6 Å². The van der Waals surface area contributed by atoms with E-state index < -0.39 is 0 Å². The first kappa shape index (κ1) is 18.7. The third-order valence-electron chi connectivity index (χ3n) is 4.97. The summed E-state index contributed by atoms with van der Waals surface area (Å²) in [6, 6.07) is 30.4. The van der Waals surface area contributed by atoms with Crippen LogP contribution in [0.4, 0.5) is 0 Å².